The smallest absolute Gasteiger partial charge is 0.478 e. The Morgan fingerprint density at radius 3 is 1.42 bits per heavy atom. The first-order valence-corrected chi connectivity index (χ1v) is 5.38. The normalized spacial score (nSPS) is 12.5. The minimum Gasteiger partial charge on any atom is -0.478 e. The average Bonchev–Trinajstić information content (AvgIpc) is 1.49. The van der Waals surface area contributed by atoms with Gasteiger partial charge in [-0.3, -0.25) is 4.46 Å². The Labute approximate surface area is 83.8 Å². The summed E-state index contributed by atoms with van der Waals surface area (Å²) in [5, 5.41) is -1.98. The highest BCUT2D eigenvalue weighted by atomic mass is 35.5. The fourth-order valence-electron chi connectivity index (χ4n) is 0.417. The fourth-order valence-corrected chi connectivity index (χ4v) is 1.63. The summed E-state index contributed by atoms with van der Waals surface area (Å²) >= 11 is 11.3. The highest BCUT2D eigenvalue weighted by Crippen LogP contribution is 2.18. The van der Waals surface area contributed by atoms with Crippen LogP contribution in [0.25, 0.3) is 0 Å². The molecule has 0 spiro atoms. The second-order valence-electron chi connectivity index (χ2n) is 3.18. The first-order valence-electron chi connectivity index (χ1n) is 3.40. The molecule has 12 heavy (non-hydrogen) atoms. The first-order chi connectivity index (χ1) is 5.10. The summed E-state index contributed by atoms with van der Waals surface area (Å²) in [5.41, 5.74) is 0. The molecule has 3 nitrogen and oxygen atoms in total. The predicted molar refractivity (Wildman–Crippen MR) is 48.5 cm³/mol. The van der Waals surface area contributed by atoms with Crippen LogP contribution in [0.3, 0.4) is 0 Å². The molecule has 0 atom stereocenters. The topological polar surface area (TPSA) is 35.5 Å². The molecule has 0 saturated carbocycles. The average molecular weight is 231 g/mol. The van der Waals surface area contributed by atoms with Gasteiger partial charge < -0.3 is 8.85 Å². The van der Waals surface area contributed by atoms with Crippen molar-refractivity contribution in [3.05, 3.63) is 0 Å². The second-order valence-corrected chi connectivity index (χ2v) is 5.91. The molecular formula is C6H12Cl2O3Si. The lowest BCUT2D eigenvalue weighted by Crippen LogP contribution is -2.30. The fraction of sp³-hybridized carbons (Fsp3) is 1.00. The van der Waals surface area contributed by atoms with Gasteiger partial charge in [0.1, 0.15) is 0 Å². The highest BCUT2D eigenvalue weighted by Gasteiger charge is 2.28. The zero-order valence-corrected chi connectivity index (χ0v) is 9.99. The van der Waals surface area contributed by atoms with Gasteiger partial charge in [0.25, 0.3) is 0 Å². The van der Waals surface area contributed by atoms with Crippen molar-refractivity contribution < 1.29 is 13.3 Å². The van der Waals surface area contributed by atoms with Crippen LogP contribution in [-0.2, 0) is 13.3 Å². The number of hydrogen-bond donors (Lipinski definition) is 0. The lowest BCUT2D eigenvalue weighted by atomic mass is 10.5. The van der Waals surface area contributed by atoms with Gasteiger partial charge in [-0.25, -0.2) is 0 Å². The van der Waals surface area contributed by atoms with Crippen molar-refractivity contribution in [2.75, 3.05) is 0 Å². The summed E-state index contributed by atoms with van der Waals surface area (Å²) in [5.74, 6) is 0. The molecule has 0 N–H and O–H groups in total. The summed E-state index contributed by atoms with van der Waals surface area (Å²) in [7, 11) is -2.62. The Morgan fingerprint density at radius 1 is 1.00 bits per heavy atom. The van der Waals surface area contributed by atoms with Crippen molar-refractivity contribution in [3.63, 3.8) is 0 Å². The minimum absolute atomic E-state index is 0.988. The second kappa shape index (κ2) is 3.94. The summed E-state index contributed by atoms with van der Waals surface area (Å²) in [6, 6.07) is 0. The monoisotopic (exact) mass is 230 g/mol. The molecule has 0 bridgehead atoms. The van der Waals surface area contributed by atoms with Crippen molar-refractivity contribution in [2.24, 2.45) is 0 Å². The van der Waals surface area contributed by atoms with Crippen molar-refractivity contribution >= 4 is 32.4 Å². The van der Waals surface area contributed by atoms with Crippen LogP contribution in [-0.4, -0.2) is 19.3 Å². The molecule has 0 aromatic rings. The first kappa shape index (κ1) is 12.2. The van der Waals surface area contributed by atoms with Gasteiger partial charge in [-0.15, -0.1) is 0 Å². The lowest BCUT2D eigenvalue weighted by Gasteiger charge is -2.21. The van der Waals surface area contributed by atoms with Crippen LogP contribution in [0, 0.1) is 0 Å². The molecule has 0 heterocycles. The molecule has 0 aliphatic heterocycles. The highest BCUT2D eigenvalue weighted by molar-refractivity contribution is 6.33. The summed E-state index contributed by atoms with van der Waals surface area (Å²) in [6.07, 6.45) is 0. The van der Waals surface area contributed by atoms with Crippen LogP contribution in [0.5, 0.6) is 0 Å². The zero-order chi connectivity index (χ0) is 9.99. The zero-order valence-electron chi connectivity index (χ0n) is 7.48. The molecule has 0 amide bonds. The molecule has 0 fully saturated rings. The molecule has 0 radical (unpaired) electrons. The number of alkyl halides is 2. The van der Waals surface area contributed by atoms with Crippen LogP contribution >= 0.6 is 23.2 Å². The van der Waals surface area contributed by atoms with Crippen LogP contribution < -0.4 is 0 Å². The summed E-state index contributed by atoms with van der Waals surface area (Å²) < 4.78 is 20.7. The van der Waals surface area contributed by atoms with Gasteiger partial charge in [-0.2, -0.15) is 0 Å². The molecular weight excluding hydrogens is 219 g/mol. The van der Waals surface area contributed by atoms with Gasteiger partial charge in [-0.05, 0) is 27.7 Å². The van der Waals surface area contributed by atoms with Crippen molar-refractivity contribution in [2.45, 2.75) is 37.8 Å². The van der Waals surface area contributed by atoms with E-state index >= 15 is 0 Å². The van der Waals surface area contributed by atoms with Gasteiger partial charge in [0, 0.05) is 0 Å². The van der Waals surface area contributed by atoms with E-state index in [1.165, 1.54) is 0 Å². The maximum Gasteiger partial charge on any atom is 0.769 e. The SMILES string of the molecule is CC(C)(Cl)O[Si](=O)OC(C)(C)Cl. The van der Waals surface area contributed by atoms with Crippen molar-refractivity contribution in [1.82, 2.24) is 0 Å². The predicted octanol–water partition coefficient (Wildman–Crippen LogP) is 2.38. The van der Waals surface area contributed by atoms with E-state index in [9.17, 15) is 4.46 Å². The lowest BCUT2D eigenvalue weighted by molar-refractivity contribution is 0.0746. The standard InChI is InChI=1S/C6H12Cl2O3Si/c1-5(2,7)10-12(9)11-6(3,4)8/h1-4H3. The quantitative estimate of drug-likeness (QED) is 0.550. The molecule has 0 unspecified atom stereocenters. The number of hydrogen-bond acceptors (Lipinski definition) is 3. The van der Waals surface area contributed by atoms with E-state index in [1.54, 1.807) is 27.7 Å². The maximum absolute atomic E-state index is 11.0. The van der Waals surface area contributed by atoms with Crippen LogP contribution in [0.15, 0.2) is 0 Å². The van der Waals surface area contributed by atoms with Gasteiger partial charge >= 0.3 is 9.17 Å². The Kier molecular flexibility index (Phi) is 4.00. The third-order valence-corrected chi connectivity index (χ3v) is 2.42. The largest absolute Gasteiger partial charge is 0.769 e. The molecule has 0 aromatic heterocycles. The Morgan fingerprint density at radius 2 is 1.25 bits per heavy atom. The molecule has 6 heteroatoms. The van der Waals surface area contributed by atoms with Crippen molar-refractivity contribution in [1.29, 1.82) is 0 Å². The minimum atomic E-state index is -2.62. The Balaban J connectivity index is 3.92. The van der Waals surface area contributed by atoms with Gasteiger partial charge in [0.15, 0.2) is 10.1 Å². The third kappa shape index (κ3) is 8.29. The van der Waals surface area contributed by atoms with Crippen LogP contribution in [0.4, 0.5) is 0 Å². The van der Waals surface area contributed by atoms with E-state index in [1.807, 2.05) is 0 Å². The Hall–Kier alpha value is 0.197. The third-order valence-electron chi connectivity index (χ3n) is 0.652. The molecule has 0 aliphatic carbocycles. The Bertz CT molecular complexity index is 153. The van der Waals surface area contributed by atoms with Gasteiger partial charge in [0.2, 0.25) is 0 Å². The molecule has 0 saturated heterocycles. The van der Waals surface area contributed by atoms with Gasteiger partial charge in [-0.1, -0.05) is 23.2 Å². The number of halogens is 2. The van der Waals surface area contributed by atoms with Gasteiger partial charge in [0.05, 0.1) is 0 Å². The summed E-state index contributed by atoms with van der Waals surface area (Å²) in [6.45, 7) is 6.28. The van der Waals surface area contributed by atoms with E-state index < -0.39 is 19.3 Å². The maximum atomic E-state index is 11.0. The van der Waals surface area contributed by atoms with E-state index in [0.29, 0.717) is 0 Å². The molecule has 0 aromatic carbocycles. The number of rotatable bonds is 4. The van der Waals surface area contributed by atoms with E-state index in [4.69, 9.17) is 32.1 Å². The molecule has 0 aliphatic rings. The summed E-state index contributed by atoms with van der Waals surface area (Å²) in [4.78, 5) is 0. The van der Waals surface area contributed by atoms with E-state index in [-0.39, 0.29) is 0 Å². The molecule has 0 rings (SSSR count). The van der Waals surface area contributed by atoms with Crippen LogP contribution in [0.1, 0.15) is 27.7 Å². The van der Waals surface area contributed by atoms with E-state index in [0.717, 1.165) is 0 Å². The molecule has 72 valence electrons. The van der Waals surface area contributed by atoms with E-state index in [2.05, 4.69) is 0 Å². The van der Waals surface area contributed by atoms with Crippen LogP contribution in [0.2, 0.25) is 0 Å². The van der Waals surface area contributed by atoms with Crippen molar-refractivity contribution in [3.8, 4) is 0 Å².